The van der Waals surface area contributed by atoms with E-state index in [1.54, 1.807) is 25.3 Å². The van der Waals surface area contributed by atoms with Crippen molar-refractivity contribution < 1.29 is 14.3 Å². The van der Waals surface area contributed by atoms with E-state index in [1.807, 2.05) is 37.3 Å². The first-order valence-electron chi connectivity index (χ1n) is 7.95. The largest absolute Gasteiger partial charge is 0.451 e. The highest BCUT2D eigenvalue weighted by Gasteiger charge is 2.19. The van der Waals surface area contributed by atoms with Crippen LogP contribution in [0.25, 0.3) is 10.7 Å². The highest BCUT2D eigenvalue weighted by atomic mass is 32.1. The lowest BCUT2D eigenvalue weighted by Crippen LogP contribution is -2.20. The molecule has 7 heteroatoms. The molecule has 0 fully saturated rings. The van der Waals surface area contributed by atoms with E-state index < -0.39 is 11.9 Å². The summed E-state index contributed by atoms with van der Waals surface area (Å²) in [7, 11) is 0. The molecule has 132 valence electrons. The van der Waals surface area contributed by atoms with Gasteiger partial charge in [0.2, 0.25) is 0 Å². The molecule has 0 unspecified atom stereocenters. The fraction of sp³-hybridized carbons (Fsp3) is 0.158. The molecule has 0 atom stereocenters. The normalized spacial score (nSPS) is 10.4. The minimum atomic E-state index is -0.568. The number of anilines is 1. The molecule has 6 nitrogen and oxygen atoms in total. The maximum atomic E-state index is 12.3. The van der Waals surface area contributed by atoms with Gasteiger partial charge >= 0.3 is 5.97 Å². The quantitative estimate of drug-likeness (QED) is 0.697. The maximum absolute atomic E-state index is 12.3. The molecule has 1 amide bonds. The van der Waals surface area contributed by atoms with Gasteiger partial charge in [-0.25, -0.2) is 9.78 Å². The second kappa shape index (κ2) is 7.88. The number of amides is 1. The van der Waals surface area contributed by atoms with Gasteiger partial charge in [0.05, 0.1) is 11.4 Å². The molecular formula is C19H17N3O3S. The zero-order valence-electron chi connectivity index (χ0n) is 14.4. The molecule has 2 heterocycles. The van der Waals surface area contributed by atoms with Gasteiger partial charge in [0.15, 0.2) is 6.61 Å². The monoisotopic (exact) mass is 367 g/mol. The van der Waals surface area contributed by atoms with Gasteiger partial charge in [-0.3, -0.25) is 9.78 Å². The van der Waals surface area contributed by atoms with E-state index in [2.05, 4.69) is 15.3 Å². The predicted octanol–water partition coefficient (Wildman–Crippen LogP) is 3.62. The van der Waals surface area contributed by atoms with Crippen LogP contribution in [0.5, 0.6) is 0 Å². The summed E-state index contributed by atoms with van der Waals surface area (Å²) in [5.41, 5.74) is 3.00. The molecule has 0 saturated carbocycles. The van der Waals surface area contributed by atoms with E-state index in [9.17, 15) is 9.59 Å². The fourth-order valence-corrected chi connectivity index (χ4v) is 3.15. The number of rotatable bonds is 5. The summed E-state index contributed by atoms with van der Waals surface area (Å²) in [6.45, 7) is 3.33. The number of aryl methyl sites for hydroxylation is 2. The Hall–Kier alpha value is -3.06. The number of esters is 1. The lowest BCUT2D eigenvalue weighted by atomic mass is 10.2. The number of hydrogen-bond acceptors (Lipinski definition) is 6. The smallest absolute Gasteiger partial charge is 0.350 e. The zero-order valence-corrected chi connectivity index (χ0v) is 15.2. The van der Waals surface area contributed by atoms with E-state index >= 15 is 0 Å². The summed E-state index contributed by atoms with van der Waals surface area (Å²) < 4.78 is 5.11. The third-order valence-electron chi connectivity index (χ3n) is 3.54. The molecule has 1 aromatic carbocycles. The molecule has 0 bridgehead atoms. The SMILES string of the molecule is Cc1ccc(NC(=O)COC(=O)c2sc(-c3ccccn3)nc2C)cc1. The second-order valence-corrected chi connectivity index (χ2v) is 6.64. The molecule has 26 heavy (non-hydrogen) atoms. The summed E-state index contributed by atoms with van der Waals surface area (Å²) in [5, 5.41) is 3.32. The number of carbonyl (C=O) groups is 2. The van der Waals surface area contributed by atoms with Crippen LogP contribution in [0.4, 0.5) is 5.69 Å². The number of thiazole rings is 1. The van der Waals surface area contributed by atoms with Crippen molar-refractivity contribution in [1.82, 2.24) is 9.97 Å². The molecule has 0 aliphatic rings. The highest BCUT2D eigenvalue weighted by molar-refractivity contribution is 7.17. The highest BCUT2D eigenvalue weighted by Crippen LogP contribution is 2.26. The number of aromatic nitrogens is 2. The standard InChI is InChI=1S/C19H17N3O3S/c1-12-6-8-14(9-7-12)22-16(23)11-25-19(24)17-13(2)21-18(26-17)15-5-3-4-10-20-15/h3-10H,11H2,1-2H3,(H,22,23). The molecule has 3 aromatic rings. The average Bonchev–Trinajstić information content (AvgIpc) is 3.04. The first-order chi connectivity index (χ1) is 12.5. The Morgan fingerprint density at radius 3 is 2.58 bits per heavy atom. The summed E-state index contributed by atoms with van der Waals surface area (Å²) in [4.78, 5) is 33.1. The number of nitrogens with zero attached hydrogens (tertiary/aromatic N) is 2. The number of hydrogen-bond donors (Lipinski definition) is 1. The van der Waals surface area contributed by atoms with Crippen LogP contribution >= 0.6 is 11.3 Å². The summed E-state index contributed by atoms with van der Waals surface area (Å²) in [6, 6.07) is 12.9. The number of ether oxygens (including phenoxy) is 1. The van der Waals surface area contributed by atoms with Crippen LogP contribution in [0.2, 0.25) is 0 Å². The Morgan fingerprint density at radius 2 is 1.88 bits per heavy atom. The van der Waals surface area contributed by atoms with E-state index in [1.165, 1.54) is 11.3 Å². The molecule has 0 saturated heterocycles. The van der Waals surface area contributed by atoms with Crippen LogP contribution in [-0.4, -0.2) is 28.5 Å². The van der Waals surface area contributed by atoms with Crippen molar-refractivity contribution in [2.45, 2.75) is 13.8 Å². The lowest BCUT2D eigenvalue weighted by Gasteiger charge is -2.06. The van der Waals surface area contributed by atoms with Gasteiger partial charge in [0.25, 0.3) is 5.91 Å². The van der Waals surface area contributed by atoms with Crippen molar-refractivity contribution in [1.29, 1.82) is 0 Å². The van der Waals surface area contributed by atoms with Crippen molar-refractivity contribution in [3.63, 3.8) is 0 Å². The predicted molar refractivity (Wildman–Crippen MR) is 100 cm³/mol. The molecule has 0 aliphatic heterocycles. The van der Waals surface area contributed by atoms with Crippen molar-refractivity contribution in [3.8, 4) is 10.7 Å². The molecule has 1 N–H and O–H groups in total. The Kier molecular flexibility index (Phi) is 5.38. The van der Waals surface area contributed by atoms with E-state index in [0.717, 1.165) is 5.56 Å². The van der Waals surface area contributed by atoms with Gasteiger partial charge in [-0.2, -0.15) is 0 Å². The van der Waals surface area contributed by atoms with Crippen molar-refractivity contribution in [3.05, 3.63) is 64.8 Å². The van der Waals surface area contributed by atoms with Crippen molar-refractivity contribution in [2.24, 2.45) is 0 Å². The Balaban J connectivity index is 1.60. The molecule has 3 rings (SSSR count). The topological polar surface area (TPSA) is 81.2 Å². The molecular weight excluding hydrogens is 350 g/mol. The first kappa shape index (κ1) is 17.8. The third-order valence-corrected chi connectivity index (χ3v) is 4.70. The molecule has 0 radical (unpaired) electrons. The van der Waals surface area contributed by atoms with Gasteiger partial charge in [-0.05, 0) is 38.1 Å². The van der Waals surface area contributed by atoms with Gasteiger partial charge in [-0.15, -0.1) is 11.3 Å². The Morgan fingerprint density at radius 1 is 1.12 bits per heavy atom. The van der Waals surface area contributed by atoms with Crippen LogP contribution in [-0.2, 0) is 9.53 Å². The number of nitrogens with one attached hydrogen (secondary N) is 1. The maximum Gasteiger partial charge on any atom is 0.350 e. The average molecular weight is 367 g/mol. The van der Waals surface area contributed by atoms with Crippen LogP contribution in [0, 0.1) is 13.8 Å². The number of carbonyl (C=O) groups excluding carboxylic acids is 2. The third kappa shape index (κ3) is 4.31. The van der Waals surface area contributed by atoms with E-state index in [-0.39, 0.29) is 6.61 Å². The second-order valence-electron chi connectivity index (χ2n) is 5.64. The number of benzene rings is 1. The van der Waals surface area contributed by atoms with E-state index in [4.69, 9.17) is 4.74 Å². The fourth-order valence-electron chi connectivity index (χ4n) is 2.22. The van der Waals surface area contributed by atoms with Crippen molar-refractivity contribution in [2.75, 3.05) is 11.9 Å². The Bertz CT molecular complexity index is 921. The van der Waals surface area contributed by atoms with Crippen LogP contribution in [0.15, 0.2) is 48.7 Å². The molecule has 0 spiro atoms. The first-order valence-corrected chi connectivity index (χ1v) is 8.77. The van der Waals surface area contributed by atoms with Gasteiger partial charge < -0.3 is 10.1 Å². The van der Waals surface area contributed by atoms with E-state index in [0.29, 0.717) is 27.0 Å². The summed E-state index contributed by atoms with van der Waals surface area (Å²) in [5.74, 6) is -0.962. The molecule has 0 aliphatic carbocycles. The minimum absolute atomic E-state index is 0.358. The summed E-state index contributed by atoms with van der Waals surface area (Å²) in [6.07, 6.45) is 1.67. The molecule has 2 aromatic heterocycles. The van der Waals surface area contributed by atoms with Crippen LogP contribution < -0.4 is 5.32 Å². The number of pyridine rings is 1. The van der Waals surface area contributed by atoms with Crippen LogP contribution in [0.3, 0.4) is 0 Å². The lowest BCUT2D eigenvalue weighted by molar-refractivity contribution is -0.119. The Labute approximate surface area is 154 Å². The zero-order chi connectivity index (χ0) is 18.5. The van der Waals surface area contributed by atoms with Gasteiger partial charge in [0, 0.05) is 11.9 Å². The summed E-state index contributed by atoms with van der Waals surface area (Å²) >= 11 is 1.20. The van der Waals surface area contributed by atoms with Gasteiger partial charge in [-0.1, -0.05) is 23.8 Å². The van der Waals surface area contributed by atoms with Crippen molar-refractivity contribution >= 4 is 28.9 Å². The van der Waals surface area contributed by atoms with Crippen LogP contribution in [0.1, 0.15) is 20.9 Å². The minimum Gasteiger partial charge on any atom is -0.451 e. The van der Waals surface area contributed by atoms with Gasteiger partial charge in [0.1, 0.15) is 9.88 Å².